The number of nitrogens with one attached hydrogen (secondary N) is 2. The van der Waals surface area contributed by atoms with Gasteiger partial charge in [0.2, 0.25) is 5.91 Å². The predicted octanol–water partition coefficient (Wildman–Crippen LogP) is 3.49. The van der Waals surface area contributed by atoms with E-state index in [9.17, 15) is 9.59 Å². The van der Waals surface area contributed by atoms with E-state index in [4.69, 9.17) is 0 Å². The summed E-state index contributed by atoms with van der Waals surface area (Å²) in [5.74, 6) is 1.43. The lowest BCUT2D eigenvalue weighted by Gasteiger charge is -2.15. The summed E-state index contributed by atoms with van der Waals surface area (Å²) in [7, 11) is 0. The van der Waals surface area contributed by atoms with Crippen molar-refractivity contribution < 1.29 is 9.59 Å². The number of anilines is 2. The van der Waals surface area contributed by atoms with Crippen LogP contribution in [0.4, 0.5) is 11.4 Å². The molecule has 0 aliphatic carbocycles. The zero-order chi connectivity index (χ0) is 19.5. The van der Waals surface area contributed by atoms with E-state index >= 15 is 0 Å². The molecule has 1 aromatic heterocycles. The molecule has 0 unspecified atom stereocenters. The van der Waals surface area contributed by atoms with Gasteiger partial charge in [0.05, 0.1) is 0 Å². The SMILES string of the molecule is CC(=O)Nc1cccc(C(=O)Nc2cccc(-c3nnc4n3CCCC4)c2)c1. The molecule has 142 valence electrons. The molecule has 0 saturated heterocycles. The van der Waals surface area contributed by atoms with Crippen LogP contribution in [0, 0.1) is 0 Å². The molecule has 2 amide bonds. The summed E-state index contributed by atoms with van der Waals surface area (Å²) >= 11 is 0. The molecule has 7 heteroatoms. The van der Waals surface area contributed by atoms with Gasteiger partial charge in [-0.3, -0.25) is 9.59 Å². The Kier molecular flexibility index (Phi) is 4.89. The van der Waals surface area contributed by atoms with Gasteiger partial charge in [0.15, 0.2) is 5.82 Å². The number of hydrogen-bond acceptors (Lipinski definition) is 4. The van der Waals surface area contributed by atoms with Crippen LogP contribution < -0.4 is 10.6 Å². The molecule has 0 spiro atoms. The minimum atomic E-state index is -0.243. The molecule has 1 aliphatic rings. The minimum absolute atomic E-state index is 0.179. The summed E-state index contributed by atoms with van der Waals surface area (Å²) in [6, 6.07) is 14.4. The smallest absolute Gasteiger partial charge is 0.255 e. The molecule has 0 radical (unpaired) electrons. The summed E-state index contributed by atoms with van der Waals surface area (Å²) in [4.78, 5) is 23.8. The Morgan fingerprint density at radius 3 is 2.57 bits per heavy atom. The Hall–Kier alpha value is -3.48. The third-order valence-electron chi connectivity index (χ3n) is 4.68. The molecule has 7 nitrogen and oxygen atoms in total. The second kappa shape index (κ2) is 7.64. The summed E-state index contributed by atoms with van der Waals surface area (Å²) in [6.45, 7) is 2.35. The van der Waals surface area contributed by atoms with Crippen molar-refractivity contribution in [2.75, 3.05) is 10.6 Å². The molecule has 1 aliphatic heterocycles. The molecule has 28 heavy (non-hydrogen) atoms. The average molecular weight is 375 g/mol. The number of aryl methyl sites for hydroxylation is 1. The van der Waals surface area contributed by atoms with Gasteiger partial charge in [-0.05, 0) is 43.2 Å². The Balaban J connectivity index is 1.55. The van der Waals surface area contributed by atoms with Crippen LogP contribution in [-0.4, -0.2) is 26.6 Å². The number of rotatable bonds is 4. The zero-order valence-electron chi connectivity index (χ0n) is 15.6. The van der Waals surface area contributed by atoms with Crippen molar-refractivity contribution in [1.82, 2.24) is 14.8 Å². The lowest BCUT2D eigenvalue weighted by molar-refractivity contribution is -0.114. The number of hydrogen-bond donors (Lipinski definition) is 2. The van der Waals surface area contributed by atoms with Crippen molar-refractivity contribution in [2.45, 2.75) is 32.7 Å². The van der Waals surface area contributed by atoms with Crippen molar-refractivity contribution in [3.8, 4) is 11.4 Å². The van der Waals surface area contributed by atoms with Gasteiger partial charge in [-0.25, -0.2) is 0 Å². The molecule has 0 bridgehead atoms. The summed E-state index contributed by atoms with van der Waals surface area (Å²) in [6.07, 6.45) is 3.22. The largest absolute Gasteiger partial charge is 0.326 e. The van der Waals surface area contributed by atoms with E-state index in [0.717, 1.165) is 43.0 Å². The molecular formula is C21H21N5O2. The first kappa shape index (κ1) is 17.9. The van der Waals surface area contributed by atoms with Crippen LogP contribution >= 0.6 is 0 Å². The minimum Gasteiger partial charge on any atom is -0.326 e. The van der Waals surface area contributed by atoms with E-state index in [1.54, 1.807) is 24.3 Å². The second-order valence-electron chi connectivity index (χ2n) is 6.85. The van der Waals surface area contributed by atoms with Crippen molar-refractivity contribution in [3.05, 3.63) is 59.9 Å². The van der Waals surface area contributed by atoms with Gasteiger partial charge in [-0.15, -0.1) is 10.2 Å². The van der Waals surface area contributed by atoms with Crippen molar-refractivity contribution in [1.29, 1.82) is 0 Å². The summed E-state index contributed by atoms with van der Waals surface area (Å²) in [5, 5.41) is 14.2. The van der Waals surface area contributed by atoms with Gasteiger partial charge < -0.3 is 15.2 Å². The van der Waals surface area contributed by atoms with Crippen LogP contribution in [0.2, 0.25) is 0 Å². The van der Waals surface area contributed by atoms with Crippen molar-refractivity contribution >= 4 is 23.2 Å². The zero-order valence-corrected chi connectivity index (χ0v) is 15.6. The van der Waals surface area contributed by atoms with E-state index in [1.165, 1.54) is 6.92 Å². The molecule has 2 N–H and O–H groups in total. The highest BCUT2D eigenvalue weighted by Crippen LogP contribution is 2.25. The Morgan fingerprint density at radius 2 is 1.75 bits per heavy atom. The van der Waals surface area contributed by atoms with Gasteiger partial charge in [0.1, 0.15) is 5.82 Å². The number of benzene rings is 2. The van der Waals surface area contributed by atoms with Crippen LogP contribution in [-0.2, 0) is 17.8 Å². The monoisotopic (exact) mass is 375 g/mol. The van der Waals surface area contributed by atoms with E-state index in [2.05, 4.69) is 25.4 Å². The molecule has 4 rings (SSSR count). The first-order chi connectivity index (χ1) is 13.6. The lowest BCUT2D eigenvalue weighted by Crippen LogP contribution is -2.13. The van der Waals surface area contributed by atoms with E-state index in [1.807, 2.05) is 24.3 Å². The summed E-state index contributed by atoms with van der Waals surface area (Å²) in [5.41, 5.74) is 2.66. The van der Waals surface area contributed by atoms with Crippen LogP contribution in [0.5, 0.6) is 0 Å². The fourth-order valence-corrected chi connectivity index (χ4v) is 3.40. The molecule has 2 aromatic carbocycles. The van der Waals surface area contributed by atoms with Crippen LogP contribution in [0.3, 0.4) is 0 Å². The highest BCUT2D eigenvalue weighted by molar-refractivity contribution is 6.05. The lowest BCUT2D eigenvalue weighted by atomic mass is 10.1. The van der Waals surface area contributed by atoms with Gasteiger partial charge in [0.25, 0.3) is 5.91 Å². The number of carbonyl (C=O) groups excluding carboxylic acids is 2. The van der Waals surface area contributed by atoms with Gasteiger partial charge in [0, 0.05) is 42.4 Å². The maximum Gasteiger partial charge on any atom is 0.255 e. The standard InChI is InChI=1S/C21H21N5O2/c1-14(27)22-17-8-5-7-16(13-17)21(28)23-18-9-4-6-15(12-18)20-25-24-19-10-2-3-11-26(19)20/h4-9,12-13H,2-3,10-11H2,1H3,(H,22,27)(H,23,28). The van der Waals surface area contributed by atoms with Crippen molar-refractivity contribution in [2.24, 2.45) is 0 Å². The topological polar surface area (TPSA) is 88.9 Å². The maximum atomic E-state index is 12.6. The van der Waals surface area contributed by atoms with Crippen LogP contribution in [0.1, 0.15) is 35.9 Å². The molecule has 3 aromatic rings. The fraction of sp³-hybridized carbons (Fsp3) is 0.238. The van der Waals surface area contributed by atoms with Gasteiger partial charge in [-0.2, -0.15) is 0 Å². The first-order valence-electron chi connectivity index (χ1n) is 9.32. The number of nitrogens with zero attached hydrogens (tertiary/aromatic N) is 3. The summed E-state index contributed by atoms with van der Waals surface area (Å²) < 4.78 is 2.15. The van der Waals surface area contributed by atoms with E-state index in [0.29, 0.717) is 16.9 Å². The highest BCUT2D eigenvalue weighted by Gasteiger charge is 2.17. The van der Waals surface area contributed by atoms with E-state index < -0.39 is 0 Å². The van der Waals surface area contributed by atoms with Gasteiger partial charge in [-0.1, -0.05) is 18.2 Å². The number of carbonyl (C=O) groups is 2. The van der Waals surface area contributed by atoms with Crippen molar-refractivity contribution in [3.63, 3.8) is 0 Å². The van der Waals surface area contributed by atoms with Gasteiger partial charge >= 0.3 is 0 Å². The van der Waals surface area contributed by atoms with Crippen LogP contribution in [0.15, 0.2) is 48.5 Å². The average Bonchev–Trinajstić information content (AvgIpc) is 3.12. The maximum absolute atomic E-state index is 12.6. The molecule has 0 saturated carbocycles. The predicted molar refractivity (Wildman–Crippen MR) is 107 cm³/mol. The molecule has 0 fully saturated rings. The third-order valence-corrected chi connectivity index (χ3v) is 4.68. The molecular weight excluding hydrogens is 354 g/mol. The Bertz CT molecular complexity index is 1040. The molecule has 2 heterocycles. The Morgan fingerprint density at radius 1 is 0.964 bits per heavy atom. The second-order valence-corrected chi connectivity index (χ2v) is 6.85. The normalized spacial score (nSPS) is 12.9. The third kappa shape index (κ3) is 3.78. The highest BCUT2D eigenvalue weighted by atomic mass is 16.2. The fourth-order valence-electron chi connectivity index (χ4n) is 3.40. The number of fused-ring (bicyclic) bond motifs is 1. The number of aromatic nitrogens is 3. The van der Waals surface area contributed by atoms with E-state index in [-0.39, 0.29) is 11.8 Å². The molecule has 0 atom stereocenters. The first-order valence-corrected chi connectivity index (χ1v) is 9.32. The van der Waals surface area contributed by atoms with Crippen LogP contribution in [0.25, 0.3) is 11.4 Å². The number of amides is 2. The Labute approximate surface area is 162 Å². The quantitative estimate of drug-likeness (QED) is 0.730.